The van der Waals surface area contributed by atoms with Crippen molar-refractivity contribution in [3.8, 4) is 0 Å². The molecule has 0 saturated carbocycles. The van der Waals surface area contributed by atoms with E-state index in [2.05, 4.69) is 26.6 Å². The fourth-order valence-electron chi connectivity index (χ4n) is 4.33. The number of rotatable bonds is 3. The molecule has 1 heterocycles. The molecule has 1 aliphatic carbocycles. The molecule has 166 valence electrons. The average Bonchev–Trinajstić information content (AvgIpc) is 2.72. The number of para-hydroxylation sites is 1. The number of hydrogen-bond donors (Lipinski definition) is 2. The van der Waals surface area contributed by atoms with Crippen molar-refractivity contribution >= 4 is 33.3 Å². The number of anilines is 1. The zero-order valence-electron chi connectivity index (χ0n) is 17.1. The van der Waals surface area contributed by atoms with Crippen molar-refractivity contribution in [1.82, 2.24) is 5.32 Å². The number of allylic oxidation sites excluding steroid dienone is 3. The minimum Gasteiger partial charge on any atom is -0.362 e. The predicted molar refractivity (Wildman–Crippen MR) is 119 cm³/mol. The molecular formula is C24H20BrF3N2O2. The van der Waals surface area contributed by atoms with Crippen molar-refractivity contribution in [2.45, 2.75) is 38.3 Å². The van der Waals surface area contributed by atoms with Crippen molar-refractivity contribution in [2.75, 3.05) is 5.32 Å². The van der Waals surface area contributed by atoms with Crippen molar-refractivity contribution in [3.05, 3.63) is 86.7 Å². The number of ketones is 1. The van der Waals surface area contributed by atoms with E-state index in [0.717, 1.165) is 21.8 Å². The third-order valence-corrected chi connectivity index (χ3v) is 6.18. The molecule has 0 spiro atoms. The third-order valence-electron chi connectivity index (χ3n) is 5.68. The molecule has 2 aliphatic rings. The van der Waals surface area contributed by atoms with E-state index in [9.17, 15) is 22.8 Å². The molecule has 1 atom stereocenters. The van der Waals surface area contributed by atoms with Crippen LogP contribution in [0.2, 0.25) is 0 Å². The first-order valence-corrected chi connectivity index (χ1v) is 10.9. The van der Waals surface area contributed by atoms with Gasteiger partial charge in [-0.25, -0.2) is 0 Å². The number of dihydropyridines is 1. The Bertz CT molecular complexity index is 1170. The molecule has 2 aromatic carbocycles. The largest absolute Gasteiger partial charge is 0.418 e. The Kier molecular flexibility index (Phi) is 5.99. The van der Waals surface area contributed by atoms with Crippen LogP contribution in [-0.2, 0) is 15.8 Å². The van der Waals surface area contributed by atoms with Crippen LogP contribution in [-0.4, -0.2) is 11.7 Å². The molecule has 0 saturated heterocycles. The second-order valence-corrected chi connectivity index (χ2v) is 8.73. The van der Waals surface area contributed by atoms with Gasteiger partial charge >= 0.3 is 6.18 Å². The molecule has 1 amide bonds. The van der Waals surface area contributed by atoms with Gasteiger partial charge < -0.3 is 10.6 Å². The molecular weight excluding hydrogens is 485 g/mol. The fourth-order valence-corrected chi connectivity index (χ4v) is 4.75. The van der Waals surface area contributed by atoms with Crippen LogP contribution in [0, 0.1) is 0 Å². The molecule has 4 nitrogen and oxygen atoms in total. The van der Waals surface area contributed by atoms with Gasteiger partial charge in [0.25, 0.3) is 5.91 Å². The summed E-state index contributed by atoms with van der Waals surface area (Å²) >= 11 is 3.43. The summed E-state index contributed by atoms with van der Waals surface area (Å²) in [7, 11) is 0. The first-order valence-electron chi connectivity index (χ1n) is 10.1. The highest BCUT2D eigenvalue weighted by Crippen LogP contribution is 2.43. The quantitative estimate of drug-likeness (QED) is 0.532. The highest BCUT2D eigenvalue weighted by Gasteiger charge is 2.39. The van der Waals surface area contributed by atoms with Crippen molar-refractivity contribution < 1.29 is 22.8 Å². The summed E-state index contributed by atoms with van der Waals surface area (Å²) in [5.74, 6) is -1.41. The summed E-state index contributed by atoms with van der Waals surface area (Å²) < 4.78 is 41.1. The molecule has 0 fully saturated rings. The third kappa shape index (κ3) is 4.24. The highest BCUT2D eigenvalue weighted by molar-refractivity contribution is 9.10. The molecule has 0 unspecified atom stereocenters. The smallest absolute Gasteiger partial charge is 0.362 e. The topological polar surface area (TPSA) is 58.2 Å². The van der Waals surface area contributed by atoms with E-state index in [0.29, 0.717) is 30.5 Å². The summed E-state index contributed by atoms with van der Waals surface area (Å²) in [6, 6.07) is 12.1. The zero-order valence-corrected chi connectivity index (χ0v) is 18.7. The van der Waals surface area contributed by atoms with Crippen molar-refractivity contribution in [2.24, 2.45) is 0 Å². The lowest BCUT2D eigenvalue weighted by molar-refractivity contribution is -0.137. The molecule has 1 aliphatic heterocycles. The van der Waals surface area contributed by atoms with Crippen LogP contribution in [0.3, 0.4) is 0 Å². The van der Waals surface area contributed by atoms with E-state index < -0.39 is 23.6 Å². The van der Waals surface area contributed by atoms with Crippen LogP contribution in [0.4, 0.5) is 18.9 Å². The van der Waals surface area contributed by atoms with Gasteiger partial charge in [0.1, 0.15) is 0 Å². The number of alkyl halides is 3. The van der Waals surface area contributed by atoms with Gasteiger partial charge in [-0.15, -0.1) is 0 Å². The van der Waals surface area contributed by atoms with Crippen LogP contribution in [0.15, 0.2) is 75.5 Å². The van der Waals surface area contributed by atoms with E-state index >= 15 is 0 Å². The summed E-state index contributed by atoms with van der Waals surface area (Å²) in [5, 5.41) is 5.61. The lowest BCUT2D eigenvalue weighted by Crippen LogP contribution is -2.35. The number of amides is 1. The lowest BCUT2D eigenvalue weighted by Gasteiger charge is -2.34. The number of carbonyl (C=O) groups is 2. The SMILES string of the molecule is CC1=C(C(=O)Nc2ccccc2C(F)(F)F)[C@H](c2cccc(Br)c2)C2=C(CCCC2=O)N1. The Hall–Kier alpha value is -2.87. The van der Waals surface area contributed by atoms with Crippen molar-refractivity contribution in [3.63, 3.8) is 0 Å². The molecule has 0 bridgehead atoms. The standard InChI is InChI=1S/C24H20BrF3N2O2/c1-13-20(23(32)30-17-9-3-2-8-16(17)24(26,27)28)21(14-6-4-7-15(25)12-14)22-18(29-13)10-5-11-19(22)31/h2-4,6-9,12,21,29H,5,10-11H2,1H3,(H,30,32)/t21-/m0/s1. The van der Waals surface area contributed by atoms with Crippen molar-refractivity contribution in [1.29, 1.82) is 0 Å². The molecule has 4 rings (SSSR count). The van der Waals surface area contributed by atoms with Crippen LogP contribution in [0.25, 0.3) is 0 Å². The molecule has 8 heteroatoms. The monoisotopic (exact) mass is 504 g/mol. The van der Waals surface area contributed by atoms with E-state index in [-0.39, 0.29) is 17.0 Å². The molecule has 32 heavy (non-hydrogen) atoms. The summed E-state index contributed by atoms with van der Waals surface area (Å²) in [6.45, 7) is 1.71. The van der Waals surface area contributed by atoms with Crippen LogP contribution in [0.1, 0.15) is 43.2 Å². The number of benzene rings is 2. The van der Waals surface area contributed by atoms with E-state index in [1.54, 1.807) is 13.0 Å². The predicted octanol–water partition coefficient (Wildman–Crippen LogP) is 6.07. The van der Waals surface area contributed by atoms with Gasteiger partial charge in [0.2, 0.25) is 0 Å². The minimum absolute atomic E-state index is 0.0581. The van der Waals surface area contributed by atoms with Gasteiger partial charge in [-0.05, 0) is 49.6 Å². The molecule has 0 radical (unpaired) electrons. The highest BCUT2D eigenvalue weighted by atomic mass is 79.9. The fraction of sp³-hybridized carbons (Fsp3) is 0.250. The second kappa shape index (κ2) is 8.58. The van der Waals surface area contributed by atoms with Crippen LogP contribution < -0.4 is 10.6 Å². The summed E-state index contributed by atoms with van der Waals surface area (Å²) in [6.07, 6.45) is -2.86. The summed E-state index contributed by atoms with van der Waals surface area (Å²) in [4.78, 5) is 26.3. The Morgan fingerprint density at radius 3 is 2.59 bits per heavy atom. The van der Waals surface area contributed by atoms with Crippen LogP contribution in [0.5, 0.6) is 0 Å². The first-order chi connectivity index (χ1) is 15.2. The summed E-state index contributed by atoms with van der Waals surface area (Å²) in [5.41, 5.74) is 1.50. The maximum absolute atomic E-state index is 13.4. The zero-order chi connectivity index (χ0) is 23.0. The maximum atomic E-state index is 13.4. The molecule has 2 aromatic rings. The van der Waals surface area contributed by atoms with Gasteiger partial charge in [-0.1, -0.05) is 40.2 Å². The van der Waals surface area contributed by atoms with Crippen LogP contribution >= 0.6 is 15.9 Å². The van der Waals surface area contributed by atoms with E-state index in [1.165, 1.54) is 18.2 Å². The van der Waals surface area contributed by atoms with E-state index in [1.807, 2.05) is 18.2 Å². The van der Waals surface area contributed by atoms with Gasteiger partial charge in [0.15, 0.2) is 5.78 Å². The minimum atomic E-state index is -4.61. The lowest BCUT2D eigenvalue weighted by atomic mass is 9.75. The number of hydrogen-bond acceptors (Lipinski definition) is 3. The Morgan fingerprint density at radius 2 is 1.88 bits per heavy atom. The molecule has 0 aromatic heterocycles. The number of Topliss-reactive ketones (excluding diaryl/α,β-unsaturated/α-hetero) is 1. The first kappa shape index (κ1) is 22.3. The number of nitrogens with one attached hydrogen (secondary N) is 2. The Morgan fingerprint density at radius 1 is 1.12 bits per heavy atom. The van der Waals surface area contributed by atoms with E-state index in [4.69, 9.17) is 0 Å². The van der Waals surface area contributed by atoms with Gasteiger partial charge in [0, 0.05) is 39.4 Å². The average molecular weight is 505 g/mol. The Labute approximate surface area is 191 Å². The van der Waals surface area contributed by atoms with Gasteiger partial charge in [-0.2, -0.15) is 13.2 Å². The Balaban J connectivity index is 1.80. The van der Waals surface area contributed by atoms with Gasteiger partial charge in [-0.3, -0.25) is 9.59 Å². The number of halogens is 4. The van der Waals surface area contributed by atoms with Gasteiger partial charge in [0.05, 0.1) is 11.3 Å². The maximum Gasteiger partial charge on any atom is 0.418 e. The molecule has 2 N–H and O–H groups in total. The second-order valence-electron chi connectivity index (χ2n) is 7.82. The number of carbonyl (C=O) groups excluding carboxylic acids is 2. The normalized spacial score (nSPS) is 18.9.